The summed E-state index contributed by atoms with van der Waals surface area (Å²) < 4.78 is 1.44. The number of alkyl halides is 1. The highest BCUT2D eigenvalue weighted by atomic mass is 35.5. The van der Waals surface area contributed by atoms with Crippen molar-refractivity contribution in [1.82, 2.24) is 20.1 Å². The lowest BCUT2D eigenvalue weighted by Crippen LogP contribution is -2.58. The van der Waals surface area contributed by atoms with Gasteiger partial charge in [-0.3, -0.25) is 10.1 Å². The molecule has 0 amide bonds. The molecule has 13 heavy (non-hydrogen) atoms. The van der Waals surface area contributed by atoms with Crippen LogP contribution in [-0.2, 0) is 4.79 Å². The molecule has 1 aromatic rings. The lowest BCUT2D eigenvalue weighted by Gasteiger charge is -2.39. The third kappa shape index (κ3) is 1.27. The summed E-state index contributed by atoms with van der Waals surface area (Å²) in [7, 11) is 0. The Hall–Kier alpha value is -1.14. The number of hydrogen-bond donors (Lipinski definition) is 2. The molecule has 1 aromatic heterocycles. The van der Waals surface area contributed by atoms with Crippen LogP contribution in [0.1, 0.15) is 6.17 Å². The van der Waals surface area contributed by atoms with Crippen LogP contribution in [0, 0.1) is 5.92 Å². The van der Waals surface area contributed by atoms with E-state index >= 15 is 0 Å². The fourth-order valence-electron chi connectivity index (χ4n) is 1.27. The Kier molecular flexibility index (Phi) is 1.93. The zero-order valence-electron chi connectivity index (χ0n) is 6.46. The van der Waals surface area contributed by atoms with Crippen molar-refractivity contribution in [3.8, 4) is 0 Å². The fourth-order valence-corrected chi connectivity index (χ4v) is 1.65. The number of hydrogen-bond acceptors (Lipinski definition) is 4. The third-order valence-electron chi connectivity index (χ3n) is 1.99. The second kappa shape index (κ2) is 2.97. The van der Waals surface area contributed by atoms with Gasteiger partial charge in [-0.2, -0.15) is 5.10 Å². The molecular formula is C6H7ClN4O2. The molecule has 2 rings (SSSR count). The molecule has 7 heteroatoms. The zero-order chi connectivity index (χ0) is 9.42. The summed E-state index contributed by atoms with van der Waals surface area (Å²) in [5.74, 6) is -1.58. The highest BCUT2D eigenvalue weighted by Gasteiger charge is 2.46. The van der Waals surface area contributed by atoms with E-state index in [4.69, 9.17) is 16.7 Å². The van der Waals surface area contributed by atoms with Gasteiger partial charge in [0.2, 0.25) is 0 Å². The van der Waals surface area contributed by atoms with E-state index in [9.17, 15) is 4.79 Å². The number of nitrogens with zero attached hydrogens (tertiary/aromatic N) is 3. The van der Waals surface area contributed by atoms with Crippen molar-refractivity contribution in [2.24, 2.45) is 5.92 Å². The Balaban J connectivity index is 2.15. The molecule has 1 fully saturated rings. The minimum atomic E-state index is -0.931. The predicted molar refractivity (Wildman–Crippen MR) is 43.0 cm³/mol. The molecule has 2 N–H and O–H groups in total. The van der Waals surface area contributed by atoms with Crippen LogP contribution in [0.5, 0.6) is 0 Å². The van der Waals surface area contributed by atoms with Gasteiger partial charge in [-0.25, -0.2) is 9.67 Å². The van der Waals surface area contributed by atoms with Gasteiger partial charge in [-0.05, 0) is 0 Å². The van der Waals surface area contributed by atoms with Gasteiger partial charge in [-0.1, -0.05) is 0 Å². The van der Waals surface area contributed by atoms with Gasteiger partial charge in [0, 0.05) is 0 Å². The Morgan fingerprint density at radius 2 is 2.46 bits per heavy atom. The smallest absolute Gasteiger partial charge is 0.312 e. The lowest BCUT2D eigenvalue weighted by molar-refractivity contribution is -0.148. The molecule has 1 aliphatic heterocycles. The third-order valence-corrected chi connectivity index (χ3v) is 2.39. The normalized spacial score (nSPS) is 32.5. The Morgan fingerprint density at radius 1 is 1.69 bits per heavy atom. The minimum Gasteiger partial charge on any atom is -0.481 e. The second-order valence-corrected chi connectivity index (χ2v) is 3.22. The number of carboxylic acids is 1. The van der Waals surface area contributed by atoms with Gasteiger partial charge in [0.1, 0.15) is 30.2 Å². The first-order valence-corrected chi connectivity index (χ1v) is 4.11. The molecule has 0 radical (unpaired) electrons. The Morgan fingerprint density at radius 3 is 2.92 bits per heavy atom. The molecule has 3 atom stereocenters. The van der Waals surface area contributed by atoms with E-state index in [1.165, 1.54) is 17.3 Å². The largest absolute Gasteiger partial charge is 0.481 e. The molecular weight excluding hydrogens is 196 g/mol. The van der Waals surface area contributed by atoms with Crippen molar-refractivity contribution in [2.45, 2.75) is 11.7 Å². The van der Waals surface area contributed by atoms with Gasteiger partial charge in [-0.15, -0.1) is 11.6 Å². The maximum atomic E-state index is 10.7. The monoisotopic (exact) mass is 202 g/mol. The quantitative estimate of drug-likeness (QED) is 0.506. The number of nitrogens with one attached hydrogen (secondary N) is 1. The maximum absolute atomic E-state index is 10.7. The zero-order valence-corrected chi connectivity index (χ0v) is 7.22. The summed E-state index contributed by atoms with van der Waals surface area (Å²) in [5, 5.41) is 15.4. The molecule has 1 saturated heterocycles. The van der Waals surface area contributed by atoms with Gasteiger partial charge in [0.15, 0.2) is 0 Å². The molecule has 0 aliphatic carbocycles. The molecule has 0 spiro atoms. The van der Waals surface area contributed by atoms with E-state index in [0.717, 1.165) is 0 Å². The van der Waals surface area contributed by atoms with E-state index in [2.05, 4.69) is 15.4 Å². The van der Waals surface area contributed by atoms with E-state index in [-0.39, 0.29) is 6.17 Å². The van der Waals surface area contributed by atoms with E-state index in [0.29, 0.717) is 0 Å². The van der Waals surface area contributed by atoms with Crippen LogP contribution >= 0.6 is 11.6 Å². The summed E-state index contributed by atoms with van der Waals surface area (Å²) in [5.41, 5.74) is -0.535. The Bertz CT molecular complexity index is 314. The van der Waals surface area contributed by atoms with Crippen LogP contribution in [0.2, 0.25) is 0 Å². The van der Waals surface area contributed by atoms with Gasteiger partial charge < -0.3 is 5.11 Å². The summed E-state index contributed by atoms with van der Waals surface area (Å²) in [4.78, 5) is 14.4. The molecule has 1 aliphatic rings. The fraction of sp³-hybridized carbons (Fsp3) is 0.500. The minimum absolute atomic E-state index is 0.387. The van der Waals surface area contributed by atoms with Crippen molar-refractivity contribution in [2.75, 3.05) is 0 Å². The number of aliphatic carboxylic acids is 1. The second-order valence-electron chi connectivity index (χ2n) is 2.75. The van der Waals surface area contributed by atoms with Crippen molar-refractivity contribution >= 4 is 17.6 Å². The van der Waals surface area contributed by atoms with E-state index < -0.39 is 17.4 Å². The predicted octanol–water partition coefficient (Wildman–Crippen LogP) is -0.354. The molecule has 0 aromatic carbocycles. The number of carboxylic acid groups (broad SMARTS) is 1. The first-order valence-electron chi connectivity index (χ1n) is 3.67. The van der Waals surface area contributed by atoms with Crippen molar-refractivity contribution in [3.63, 3.8) is 0 Å². The molecule has 70 valence electrons. The average molecular weight is 203 g/mol. The SMILES string of the molecule is O=C(O)[C@H]1C(Cl)NC1n1cncn1. The maximum Gasteiger partial charge on any atom is 0.312 e. The van der Waals surface area contributed by atoms with Crippen molar-refractivity contribution < 1.29 is 9.90 Å². The highest BCUT2D eigenvalue weighted by Crippen LogP contribution is 2.31. The molecule has 2 heterocycles. The summed E-state index contributed by atoms with van der Waals surface area (Å²) in [6.45, 7) is 0. The number of carbonyl (C=O) groups is 1. The van der Waals surface area contributed by atoms with E-state index in [1.807, 2.05) is 0 Å². The number of rotatable bonds is 2. The van der Waals surface area contributed by atoms with Crippen LogP contribution in [-0.4, -0.2) is 31.3 Å². The number of halogens is 1. The Labute approximate surface area is 78.5 Å². The summed E-state index contributed by atoms with van der Waals surface area (Å²) >= 11 is 5.67. The molecule has 6 nitrogen and oxygen atoms in total. The van der Waals surface area contributed by atoms with Crippen LogP contribution in [0.25, 0.3) is 0 Å². The lowest BCUT2D eigenvalue weighted by atomic mass is 9.98. The average Bonchev–Trinajstić information content (AvgIpc) is 2.50. The topological polar surface area (TPSA) is 80.0 Å². The van der Waals surface area contributed by atoms with Crippen molar-refractivity contribution in [1.29, 1.82) is 0 Å². The first kappa shape index (κ1) is 8.46. The van der Waals surface area contributed by atoms with E-state index in [1.54, 1.807) is 0 Å². The highest BCUT2D eigenvalue weighted by molar-refractivity contribution is 6.22. The molecule has 0 bridgehead atoms. The standard InChI is InChI=1S/C6H7ClN4O2/c7-4-3(6(12)13)5(10-4)11-2-8-1-9-11/h1-5,10H,(H,12,13)/t3-,4?,5?/m0/s1. The van der Waals surface area contributed by atoms with Crippen LogP contribution in [0.15, 0.2) is 12.7 Å². The molecule has 0 saturated carbocycles. The van der Waals surface area contributed by atoms with Crippen LogP contribution < -0.4 is 5.32 Å². The first-order chi connectivity index (χ1) is 6.20. The van der Waals surface area contributed by atoms with Gasteiger partial charge in [0.05, 0.1) is 0 Å². The van der Waals surface area contributed by atoms with Crippen LogP contribution in [0.4, 0.5) is 0 Å². The van der Waals surface area contributed by atoms with Crippen LogP contribution in [0.3, 0.4) is 0 Å². The van der Waals surface area contributed by atoms with Crippen molar-refractivity contribution in [3.05, 3.63) is 12.7 Å². The summed E-state index contributed by atoms with van der Waals surface area (Å²) in [6, 6.07) is 0. The molecule has 2 unspecified atom stereocenters. The van der Waals surface area contributed by atoms with Gasteiger partial charge in [0.25, 0.3) is 0 Å². The summed E-state index contributed by atoms with van der Waals surface area (Å²) in [6.07, 6.45) is 2.42. The van der Waals surface area contributed by atoms with Gasteiger partial charge >= 0.3 is 5.97 Å². The number of aromatic nitrogens is 3.